The third-order valence-corrected chi connectivity index (χ3v) is 4.92. The van der Waals surface area contributed by atoms with Crippen LogP contribution in [0.4, 0.5) is 13.2 Å². The van der Waals surface area contributed by atoms with Gasteiger partial charge in [-0.2, -0.15) is 13.2 Å². The van der Waals surface area contributed by atoms with Crippen molar-refractivity contribution in [3.05, 3.63) is 70.2 Å². The van der Waals surface area contributed by atoms with E-state index in [9.17, 15) is 22.8 Å². The first-order valence-electron chi connectivity index (χ1n) is 8.52. The maximum absolute atomic E-state index is 12.7. The Kier molecular flexibility index (Phi) is 5.56. The Morgan fingerprint density at radius 1 is 0.963 bits per heavy atom. The summed E-state index contributed by atoms with van der Waals surface area (Å²) in [6.07, 6.45) is -3.11. The van der Waals surface area contributed by atoms with Crippen LogP contribution in [0.2, 0.25) is 5.02 Å². The van der Waals surface area contributed by atoms with Crippen molar-refractivity contribution in [2.75, 3.05) is 13.1 Å². The van der Waals surface area contributed by atoms with E-state index in [2.05, 4.69) is 0 Å². The van der Waals surface area contributed by atoms with Crippen LogP contribution in [0.15, 0.2) is 48.5 Å². The van der Waals surface area contributed by atoms with E-state index in [1.54, 1.807) is 24.3 Å². The number of carbonyl (C=O) groups excluding carboxylic acids is 2. The monoisotopic (exact) mass is 395 g/mol. The number of piperidine rings is 1. The lowest BCUT2D eigenvalue weighted by atomic mass is 9.89. The quantitative estimate of drug-likeness (QED) is 0.678. The average Bonchev–Trinajstić information content (AvgIpc) is 2.67. The van der Waals surface area contributed by atoms with Gasteiger partial charge in [0.15, 0.2) is 5.78 Å². The van der Waals surface area contributed by atoms with Crippen molar-refractivity contribution in [1.82, 2.24) is 4.90 Å². The van der Waals surface area contributed by atoms with E-state index in [0.29, 0.717) is 30.0 Å². The van der Waals surface area contributed by atoms with Gasteiger partial charge in [0.2, 0.25) is 0 Å². The minimum atomic E-state index is -4.44. The van der Waals surface area contributed by atoms with Crippen molar-refractivity contribution in [3.8, 4) is 0 Å². The van der Waals surface area contributed by atoms with Gasteiger partial charge >= 0.3 is 6.18 Å². The Morgan fingerprint density at radius 3 is 2.15 bits per heavy atom. The van der Waals surface area contributed by atoms with Crippen LogP contribution in [-0.4, -0.2) is 29.7 Å². The summed E-state index contributed by atoms with van der Waals surface area (Å²) in [6.45, 7) is 0.728. The van der Waals surface area contributed by atoms with Crippen LogP contribution in [0.3, 0.4) is 0 Å². The zero-order chi connectivity index (χ0) is 19.6. The van der Waals surface area contributed by atoms with E-state index < -0.39 is 11.7 Å². The molecular weight excluding hydrogens is 379 g/mol. The molecule has 3 nitrogen and oxygen atoms in total. The molecule has 142 valence electrons. The summed E-state index contributed by atoms with van der Waals surface area (Å²) >= 11 is 5.84. The Balaban J connectivity index is 1.71. The first-order valence-corrected chi connectivity index (χ1v) is 8.90. The molecule has 1 unspecified atom stereocenters. The molecule has 7 heteroatoms. The Labute approximate surface area is 159 Å². The first-order chi connectivity index (χ1) is 12.8. The van der Waals surface area contributed by atoms with Gasteiger partial charge in [0.1, 0.15) is 0 Å². The number of ketones is 1. The molecule has 0 N–H and O–H groups in total. The number of nitrogens with zero attached hydrogens (tertiary/aromatic N) is 1. The summed E-state index contributed by atoms with van der Waals surface area (Å²) < 4.78 is 38.0. The summed E-state index contributed by atoms with van der Waals surface area (Å²) in [7, 11) is 0. The number of carbonyl (C=O) groups is 2. The molecule has 0 saturated carbocycles. The zero-order valence-electron chi connectivity index (χ0n) is 14.3. The minimum Gasteiger partial charge on any atom is -0.338 e. The number of rotatable bonds is 3. The number of halogens is 4. The molecule has 1 heterocycles. The fourth-order valence-corrected chi connectivity index (χ4v) is 3.34. The number of alkyl halides is 3. The van der Waals surface area contributed by atoms with Gasteiger partial charge in [-0.15, -0.1) is 0 Å². The number of likely N-dealkylation sites (tertiary alicyclic amines) is 1. The second-order valence-electron chi connectivity index (χ2n) is 6.54. The van der Waals surface area contributed by atoms with E-state index in [4.69, 9.17) is 11.6 Å². The molecule has 0 spiro atoms. The van der Waals surface area contributed by atoms with Crippen molar-refractivity contribution < 1.29 is 22.8 Å². The largest absolute Gasteiger partial charge is 0.416 e. The number of hydrogen-bond acceptors (Lipinski definition) is 2. The van der Waals surface area contributed by atoms with Crippen molar-refractivity contribution in [1.29, 1.82) is 0 Å². The van der Waals surface area contributed by atoms with E-state index >= 15 is 0 Å². The molecule has 3 rings (SSSR count). The van der Waals surface area contributed by atoms with Gasteiger partial charge in [0.25, 0.3) is 5.91 Å². The maximum atomic E-state index is 12.7. The van der Waals surface area contributed by atoms with Crippen molar-refractivity contribution in [2.24, 2.45) is 5.92 Å². The second kappa shape index (κ2) is 7.72. The number of hydrogen-bond donors (Lipinski definition) is 0. The van der Waals surface area contributed by atoms with Crippen LogP contribution < -0.4 is 0 Å². The Morgan fingerprint density at radius 2 is 1.56 bits per heavy atom. The Hall–Kier alpha value is -2.34. The third kappa shape index (κ3) is 4.50. The molecule has 2 aromatic carbocycles. The molecule has 1 saturated heterocycles. The smallest absolute Gasteiger partial charge is 0.338 e. The van der Waals surface area contributed by atoms with Crippen LogP contribution in [0.1, 0.15) is 39.1 Å². The van der Waals surface area contributed by atoms with Crippen molar-refractivity contribution >= 4 is 23.3 Å². The van der Waals surface area contributed by atoms with Gasteiger partial charge in [-0.25, -0.2) is 0 Å². The molecule has 0 aliphatic carbocycles. The average molecular weight is 396 g/mol. The van der Waals surface area contributed by atoms with Gasteiger partial charge in [-0.1, -0.05) is 11.6 Å². The van der Waals surface area contributed by atoms with E-state index in [-0.39, 0.29) is 29.7 Å². The maximum Gasteiger partial charge on any atom is 0.416 e. The lowest BCUT2D eigenvalue weighted by Crippen LogP contribution is -2.42. The lowest BCUT2D eigenvalue weighted by Gasteiger charge is -2.32. The molecule has 1 fully saturated rings. The first kappa shape index (κ1) is 19.4. The van der Waals surface area contributed by atoms with Crippen LogP contribution >= 0.6 is 11.6 Å². The lowest BCUT2D eigenvalue weighted by molar-refractivity contribution is -0.137. The molecule has 0 bridgehead atoms. The summed E-state index contributed by atoms with van der Waals surface area (Å²) in [5.41, 5.74) is -0.0793. The number of benzene rings is 2. The van der Waals surface area contributed by atoms with Crippen LogP contribution in [0.25, 0.3) is 0 Å². The third-order valence-electron chi connectivity index (χ3n) is 4.67. The normalized spacial score (nSPS) is 17.6. The van der Waals surface area contributed by atoms with Gasteiger partial charge in [-0.3, -0.25) is 9.59 Å². The molecule has 1 atom stereocenters. The van der Waals surface area contributed by atoms with Gasteiger partial charge in [0, 0.05) is 35.2 Å². The second-order valence-corrected chi connectivity index (χ2v) is 6.97. The molecule has 27 heavy (non-hydrogen) atoms. The summed E-state index contributed by atoms with van der Waals surface area (Å²) in [6, 6.07) is 10.7. The van der Waals surface area contributed by atoms with E-state index in [1.807, 2.05) is 0 Å². The molecule has 2 aromatic rings. The molecule has 0 radical (unpaired) electrons. The van der Waals surface area contributed by atoms with Crippen molar-refractivity contribution in [2.45, 2.75) is 19.0 Å². The topological polar surface area (TPSA) is 37.4 Å². The standard InChI is InChI=1S/C20H17ClF3NO2/c21-17-9-5-13(6-10-17)18(26)15-2-1-11-25(12-15)19(27)14-3-7-16(8-4-14)20(22,23)24/h3-10,15H,1-2,11-12H2. The zero-order valence-corrected chi connectivity index (χ0v) is 15.1. The van der Waals surface area contributed by atoms with Crippen LogP contribution in [-0.2, 0) is 6.18 Å². The molecule has 1 amide bonds. The number of Topliss-reactive ketones (excluding diaryl/α,β-unsaturated/α-hetero) is 1. The van der Waals surface area contributed by atoms with Gasteiger partial charge in [-0.05, 0) is 61.4 Å². The predicted molar refractivity (Wildman–Crippen MR) is 95.9 cm³/mol. The highest BCUT2D eigenvalue weighted by Crippen LogP contribution is 2.29. The minimum absolute atomic E-state index is 0.0587. The van der Waals surface area contributed by atoms with E-state index in [0.717, 1.165) is 12.1 Å². The van der Waals surface area contributed by atoms with Gasteiger partial charge in [0.05, 0.1) is 5.56 Å². The van der Waals surface area contributed by atoms with Crippen LogP contribution in [0, 0.1) is 5.92 Å². The summed E-state index contributed by atoms with van der Waals surface area (Å²) in [5.74, 6) is -0.757. The SMILES string of the molecule is O=C(c1ccc(Cl)cc1)C1CCCN(C(=O)c2ccc(C(F)(F)F)cc2)C1. The predicted octanol–water partition coefficient (Wildman–Crippen LogP) is 5.09. The summed E-state index contributed by atoms with van der Waals surface area (Å²) in [5, 5.41) is 0.536. The Bertz CT molecular complexity index is 832. The molecule has 1 aliphatic heterocycles. The fraction of sp³-hybridized carbons (Fsp3) is 0.300. The summed E-state index contributed by atoms with van der Waals surface area (Å²) in [4.78, 5) is 26.8. The highest BCUT2D eigenvalue weighted by Gasteiger charge is 2.32. The number of amides is 1. The fourth-order valence-electron chi connectivity index (χ4n) is 3.21. The van der Waals surface area contributed by atoms with Crippen molar-refractivity contribution in [3.63, 3.8) is 0 Å². The highest BCUT2D eigenvalue weighted by atomic mass is 35.5. The van der Waals surface area contributed by atoms with Gasteiger partial charge < -0.3 is 4.90 Å². The molecular formula is C20H17ClF3NO2. The molecule has 1 aliphatic rings. The highest BCUT2D eigenvalue weighted by molar-refractivity contribution is 6.30. The van der Waals surface area contributed by atoms with E-state index in [1.165, 1.54) is 17.0 Å². The van der Waals surface area contributed by atoms with Crippen LogP contribution in [0.5, 0.6) is 0 Å². The molecule has 0 aromatic heterocycles.